The lowest BCUT2D eigenvalue weighted by molar-refractivity contribution is 0.453. The van der Waals surface area contributed by atoms with Crippen molar-refractivity contribution in [1.82, 2.24) is 0 Å². The van der Waals surface area contributed by atoms with Gasteiger partial charge in [0.05, 0.1) is 0 Å². The maximum atomic E-state index is 2.32. The number of hydrogen-bond donors (Lipinski definition) is 0. The predicted molar refractivity (Wildman–Crippen MR) is 188 cm³/mol. The molecule has 0 nitrogen and oxygen atoms in total. The van der Waals surface area contributed by atoms with Crippen LogP contribution in [0.4, 0.5) is 0 Å². The number of aryl methyl sites for hydroxylation is 2. The number of rotatable bonds is 28. The molecule has 0 bridgehead atoms. The Labute approximate surface area is 261 Å². The van der Waals surface area contributed by atoms with E-state index in [1.54, 1.807) is 0 Å². The van der Waals surface area contributed by atoms with Crippen molar-refractivity contribution in [3.05, 3.63) is 71.8 Å². The number of hydrogen-bond acceptors (Lipinski definition) is 1. The first-order chi connectivity index (χ1) is 20.3. The Morgan fingerprint density at radius 2 is 0.756 bits per heavy atom. The fourth-order valence-corrected chi connectivity index (χ4v) is 7.66. The molecule has 0 saturated heterocycles. The molecule has 0 heterocycles. The minimum atomic E-state index is 0.873. The zero-order valence-corrected chi connectivity index (χ0v) is 28.1. The number of unbranched alkanes of at least 4 members (excludes halogenated alkanes) is 14. The van der Waals surface area contributed by atoms with E-state index in [1.807, 2.05) is 0 Å². The van der Waals surface area contributed by atoms with E-state index in [9.17, 15) is 0 Å². The molecule has 2 aromatic carbocycles. The summed E-state index contributed by atoms with van der Waals surface area (Å²) >= 11 is 2.29. The number of thioether (sulfide) groups is 1. The van der Waals surface area contributed by atoms with Crippen molar-refractivity contribution < 1.29 is 0 Å². The van der Waals surface area contributed by atoms with E-state index in [-0.39, 0.29) is 0 Å². The minimum Gasteiger partial charge on any atom is -0.161 e. The summed E-state index contributed by atoms with van der Waals surface area (Å²) in [6.45, 7) is 4.63. The van der Waals surface area contributed by atoms with E-state index in [2.05, 4.69) is 86.3 Å². The Morgan fingerprint density at radius 1 is 0.415 bits per heavy atom. The fourth-order valence-electron chi connectivity index (χ4n) is 6.19. The van der Waals surface area contributed by atoms with E-state index in [0.717, 1.165) is 11.8 Å². The molecule has 0 aromatic heterocycles. The topological polar surface area (TPSA) is 0 Å². The van der Waals surface area contributed by atoms with E-state index in [1.165, 1.54) is 164 Å². The maximum absolute atomic E-state index is 2.32. The van der Waals surface area contributed by atoms with Crippen molar-refractivity contribution in [1.29, 1.82) is 0 Å². The van der Waals surface area contributed by atoms with Gasteiger partial charge in [-0.25, -0.2) is 0 Å². The van der Waals surface area contributed by atoms with Crippen LogP contribution in [-0.4, -0.2) is 11.5 Å². The Balaban J connectivity index is 1.77. The molecule has 0 spiro atoms. The Morgan fingerprint density at radius 3 is 1.12 bits per heavy atom. The highest BCUT2D eigenvalue weighted by atomic mass is 32.2. The highest BCUT2D eigenvalue weighted by molar-refractivity contribution is 7.99. The van der Waals surface area contributed by atoms with Crippen LogP contribution in [0.25, 0.3) is 0 Å². The summed E-state index contributed by atoms with van der Waals surface area (Å²) in [7, 11) is 0. The van der Waals surface area contributed by atoms with Crippen LogP contribution in [0.5, 0.6) is 0 Å². The summed E-state index contributed by atoms with van der Waals surface area (Å²) in [6.07, 6.45) is 31.0. The zero-order valence-electron chi connectivity index (χ0n) is 27.3. The molecule has 0 N–H and O–H groups in total. The van der Waals surface area contributed by atoms with Gasteiger partial charge in [-0.3, -0.25) is 0 Å². The quantitative estimate of drug-likeness (QED) is 0.0905. The first-order valence-corrected chi connectivity index (χ1v) is 19.1. The van der Waals surface area contributed by atoms with Gasteiger partial charge in [0.15, 0.2) is 0 Å². The molecule has 0 aliphatic heterocycles. The van der Waals surface area contributed by atoms with Crippen LogP contribution in [0.2, 0.25) is 0 Å². The van der Waals surface area contributed by atoms with Crippen molar-refractivity contribution in [2.75, 3.05) is 11.5 Å². The molecule has 0 radical (unpaired) electrons. The molecular formula is C40H66S. The lowest BCUT2D eigenvalue weighted by Crippen LogP contribution is -2.11. The first-order valence-electron chi connectivity index (χ1n) is 18.0. The fraction of sp³-hybridized carbons (Fsp3) is 0.700. The predicted octanol–water partition coefficient (Wildman–Crippen LogP) is 13.3. The maximum Gasteiger partial charge on any atom is -0.00389 e. The first kappa shape index (κ1) is 36.0. The monoisotopic (exact) mass is 578 g/mol. The van der Waals surface area contributed by atoms with E-state index in [4.69, 9.17) is 0 Å². The third-order valence-corrected chi connectivity index (χ3v) is 10.4. The van der Waals surface area contributed by atoms with Gasteiger partial charge >= 0.3 is 0 Å². The number of benzene rings is 2. The molecule has 0 aliphatic carbocycles. The van der Waals surface area contributed by atoms with Gasteiger partial charge in [0.25, 0.3) is 0 Å². The van der Waals surface area contributed by atoms with Gasteiger partial charge in [-0.1, -0.05) is 177 Å². The summed E-state index contributed by atoms with van der Waals surface area (Å²) in [5.41, 5.74) is 3.04. The van der Waals surface area contributed by atoms with Crippen LogP contribution in [0.15, 0.2) is 60.7 Å². The second-order valence-electron chi connectivity index (χ2n) is 12.8. The van der Waals surface area contributed by atoms with Crippen molar-refractivity contribution in [2.24, 2.45) is 11.8 Å². The summed E-state index contributed by atoms with van der Waals surface area (Å²) in [6, 6.07) is 22.4. The smallest absolute Gasteiger partial charge is 0.00389 e. The largest absolute Gasteiger partial charge is 0.161 e. The van der Waals surface area contributed by atoms with Crippen molar-refractivity contribution in [2.45, 2.75) is 155 Å². The van der Waals surface area contributed by atoms with Crippen LogP contribution in [0.3, 0.4) is 0 Å². The summed E-state index contributed by atoms with van der Waals surface area (Å²) in [4.78, 5) is 0. The Kier molecular flexibility index (Phi) is 23.2. The normalized spacial score (nSPS) is 12.9. The molecule has 0 unspecified atom stereocenters. The Bertz CT molecular complexity index is 717. The second-order valence-corrected chi connectivity index (χ2v) is 13.9. The lowest BCUT2D eigenvalue weighted by atomic mass is 9.95. The van der Waals surface area contributed by atoms with Crippen molar-refractivity contribution in [3.63, 3.8) is 0 Å². The van der Waals surface area contributed by atoms with Crippen LogP contribution in [0.1, 0.15) is 153 Å². The summed E-state index contributed by atoms with van der Waals surface area (Å²) in [5, 5.41) is 0. The summed E-state index contributed by atoms with van der Waals surface area (Å²) in [5.74, 6) is 4.47. The van der Waals surface area contributed by atoms with E-state index in [0.29, 0.717) is 0 Å². The van der Waals surface area contributed by atoms with Crippen molar-refractivity contribution in [3.8, 4) is 0 Å². The minimum absolute atomic E-state index is 0.873. The molecule has 1 heteroatoms. The molecule has 232 valence electrons. The molecule has 0 aliphatic rings. The average molecular weight is 579 g/mol. The van der Waals surface area contributed by atoms with Crippen molar-refractivity contribution >= 4 is 11.8 Å². The molecule has 2 rings (SSSR count). The van der Waals surface area contributed by atoms with Gasteiger partial charge in [-0.2, -0.15) is 11.8 Å². The molecule has 0 fully saturated rings. The van der Waals surface area contributed by atoms with Gasteiger partial charge < -0.3 is 0 Å². The van der Waals surface area contributed by atoms with Crippen LogP contribution in [-0.2, 0) is 12.8 Å². The second kappa shape index (κ2) is 26.4. The third-order valence-electron chi connectivity index (χ3n) is 9.01. The zero-order chi connectivity index (χ0) is 29.1. The van der Waals surface area contributed by atoms with Gasteiger partial charge in [-0.05, 0) is 73.0 Å². The highest BCUT2D eigenvalue weighted by Crippen LogP contribution is 2.27. The van der Waals surface area contributed by atoms with E-state index < -0.39 is 0 Å². The summed E-state index contributed by atoms with van der Waals surface area (Å²) < 4.78 is 0. The van der Waals surface area contributed by atoms with Gasteiger partial charge in [0, 0.05) is 0 Å². The SMILES string of the molecule is CCCCCCCCCC[C@H](CCc1ccccc1)CSC[C@@H](CCCCCCCCCC)CCc1ccccc1. The van der Waals surface area contributed by atoms with Gasteiger partial charge in [0.2, 0.25) is 0 Å². The highest BCUT2D eigenvalue weighted by Gasteiger charge is 2.14. The molecule has 0 amide bonds. The molecule has 41 heavy (non-hydrogen) atoms. The average Bonchev–Trinajstić information content (AvgIpc) is 3.01. The molecular weight excluding hydrogens is 513 g/mol. The van der Waals surface area contributed by atoms with E-state index >= 15 is 0 Å². The van der Waals surface area contributed by atoms with Gasteiger partial charge in [-0.15, -0.1) is 0 Å². The Hall–Kier alpha value is -1.21. The third kappa shape index (κ3) is 20.4. The molecule has 0 saturated carbocycles. The van der Waals surface area contributed by atoms with Crippen LogP contribution < -0.4 is 0 Å². The molecule has 2 aromatic rings. The molecule has 2 atom stereocenters. The van der Waals surface area contributed by atoms with Gasteiger partial charge in [0.1, 0.15) is 0 Å². The lowest BCUT2D eigenvalue weighted by Gasteiger charge is -2.20. The standard InChI is InChI=1S/C40H66S/c1-3-5-7-9-11-13-15-19-29-39(33-31-37-25-21-17-22-26-37)35-41-36-40(34-32-38-27-23-18-24-28-38)30-20-16-14-12-10-8-6-4-2/h17-18,21-28,39-40H,3-16,19-20,29-36H2,1-2H3/t39-,40+. The van der Waals surface area contributed by atoms with Crippen LogP contribution in [0, 0.1) is 11.8 Å². The van der Waals surface area contributed by atoms with Crippen LogP contribution >= 0.6 is 11.8 Å².